The number of fused-ring (bicyclic) bond motifs is 1. The van der Waals surface area contributed by atoms with Crippen LogP contribution in [-0.2, 0) is 4.79 Å². The van der Waals surface area contributed by atoms with E-state index in [0.29, 0.717) is 12.2 Å². The summed E-state index contributed by atoms with van der Waals surface area (Å²) in [5.41, 5.74) is 0. The summed E-state index contributed by atoms with van der Waals surface area (Å²) in [5.74, 6) is 2.59. The van der Waals surface area contributed by atoms with Crippen LogP contribution in [0.5, 0.6) is 0 Å². The van der Waals surface area contributed by atoms with Crippen LogP contribution in [0.25, 0.3) is 0 Å². The van der Waals surface area contributed by atoms with Gasteiger partial charge in [0.15, 0.2) is 0 Å². The highest BCUT2D eigenvalue weighted by Crippen LogP contribution is 2.45. The molecule has 31 heavy (non-hydrogen) atoms. The molecule has 0 radical (unpaired) electrons. The van der Waals surface area contributed by atoms with Crippen molar-refractivity contribution in [3.63, 3.8) is 0 Å². The van der Waals surface area contributed by atoms with Crippen molar-refractivity contribution in [2.45, 2.75) is 103 Å². The van der Waals surface area contributed by atoms with Crippen molar-refractivity contribution >= 4 is 5.97 Å². The Hall–Kier alpha value is -0.650. The number of unbranched alkanes of at least 4 members (excludes halogenated alkanes) is 3. The van der Waals surface area contributed by atoms with E-state index in [2.05, 4.69) is 22.5 Å². The van der Waals surface area contributed by atoms with Crippen LogP contribution in [0.1, 0.15) is 90.4 Å². The number of hydrogen-bond acceptors (Lipinski definition) is 4. The van der Waals surface area contributed by atoms with Gasteiger partial charge in [-0.25, -0.2) is 0 Å². The molecule has 0 spiro atoms. The van der Waals surface area contributed by atoms with Gasteiger partial charge in [-0.1, -0.05) is 39.0 Å². The molecule has 178 valence electrons. The minimum absolute atomic E-state index is 0.179. The van der Waals surface area contributed by atoms with E-state index >= 15 is 0 Å². The van der Waals surface area contributed by atoms with Crippen LogP contribution < -0.4 is 10.6 Å². The number of carboxylic acid groups (broad SMARTS) is 1. The lowest BCUT2D eigenvalue weighted by Gasteiger charge is -2.53. The van der Waals surface area contributed by atoms with Crippen LogP contribution in [0.3, 0.4) is 0 Å². The lowest BCUT2D eigenvalue weighted by molar-refractivity contribution is -0.144. The zero-order valence-corrected chi connectivity index (χ0v) is 19.9. The fourth-order valence-electron chi connectivity index (χ4n) is 7.38. The number of nitrogens with zero attached hydrogens (tertiary/aromatic N) is 1. The number of aliphatic carboxylic acids is 1. The van der Waals surface area contributed by atoms with E-state index in [4.69, 9.17) is 0 Å². The van der Waals surface area contributed by atoms with Crippen LogP contribution >= 0.6 is 0 Å². The SMILES string of the molecule is CCCCCCC1CCC2NC(N3CCCC(C(=O)O)C3)CC(C3CCCNC3)C2C1. The van der Waals surface area contributed by atoms with Crippen LogP contribution in [0, 0.1) is 29.6 Å². The van der Waals surface area contributed by atoms with E-state index in [9.17, 15) is 9.90 Å². The highest BCUT2D eigenvalue weighted by Gasteiger charge is 2.45. The van der Waals surface area contributed by atoms with Gasteiger partial charge in [-0.2, -0.15) is 0 Å². The lowest BCUT2D eigenvalue weighted by Crippen LogP contribution is -2.62. The van der Waals surface area contributed by atoms with Gasteiger partial charge >= 0.3 is 5.97 Å². The van der Waals surface area contributed by atoms with Crippen molar-refractivity contribution in [3.05, 3.63) is 0 Å². The first-order chi connectivity index (χ1) is 15.2. The maximum atomic E-state index is 11.6. The first kappa shape index (κ1) is 23.5. The summed E-state index contributed by atoms with van der Waals surface area (Å²) in [7, 11) is 0. The van der Waals surface area contributed by atoms with Crippen LogP contribution in [0.15, 0.2) is 0 Å². The average Bonchev–Trinajstić information content (AvgIpc) is 2.81. The molecule has 0 amide bonds. The summed E-state index contributed by atoms with van der Waals surface area (Å²) < 4.78 is 0. The Bertz CT molecular complexity index is 565. The normalized spacial score (nSPS) is 39.7. The molecule has 4 aliphatic rings. The predicted molar refractivity (Wildman–Crippen MR) is 126 cm³/mol. The predicted octanol–water partition coefficient (Wildman–Crippen LogP) is 4.47. The van der Waals surface area contributed by atoms with Crippen molar-refractivity contribution in [1.29, 1.82) is 0 Å². The van der Waals surface area contributed by atoms with Gasteiger partial charge < -0.3 is 10.4 Å². The summed E-state index contributed by atoms with van der Waals surface area (Å²) in [6.07, 6.45) is 17.3. The monoisotopic (exact) mass is 433 g/mol. The zero-order chi connectivity index (χ0) is 21.6. The van der Waals surface area contributed by atoms with Gasteiger partial charge in [-0.3, -0.25) is 15.0 Å². The Kier molecular flexibility index (Phi) is 8.70. The number of likely N-dealkylation sites (tertiary alicyclic amines) is 1. The van der Waals surface area contributed by atoms with E-state index in [0.717, 1.165) is 49.6 Å². The zero-order valence-electron chi connectivity index (χ0n) is 19.9. The maximum Gasteiger partial charge on any atom is 0.307 e. The molecule has 4 rings (SSSR count). The summed E-state index contributed by atoms with van der Waals surface area (Å²) in [4.78, 5) is 14.1. The topological polar surface area (TPSA) is 64.6 Å². The van der Waals surface area contributed by atoms with E-state index < -0.39 is 5.97 Å². The second-order valence-corrected chi connectivity index (χ2v) is 11.2. The van der Waals surface area contributed by atoms with Gasteiger partial charge in [-0.05, 0) is 94.7 Å². The second-order valence-electron chi connectivity index (χ2n) is 11.2. The smallest absolute Gasteiger partial charge is 0.307 e. The molecule has 0 aromatic rings. The molecule has 1 saturated carbocycles. The molecule has 3 heterocycles. The number of carbonyl (C=O) groups is 1. The summed E-state index contributed by atoms with van der Waals surface area (Å²) in [6, 6.07) is 0.641. The standard InChI is InChI=1S/C26H47N3O2/c1-2-3-4-5-8-19-11-12-24-23(15-19)22(20-9-6-13-27-17-20)16-25(28-24)29-14-7-10-21(18-29)26(30)31/h19-25,27-28H,2-18H2,1H3,(H,30,31). The molecule has 5 nitrogen and oxygen atoms in total. The molecule has 3 saturated heterocycles. The van der Waals surface area contributed by atoms with Gasteiger partial charge in [0.1, 0.15) is 0 Å². The molecule has 5 heteroatoms. The maximum absolute atomic E-state index is 11.6. The number of carboxylic acids is 1. The average molecular weight is 434 g/mol. The molecular weight excluding hydrogens is 386 g/mol. The molecule has 0 bridgehead atoms. The summed E-state index contributed by atoms with van der Waals surface area (Å²) in [6.45, 7) is 6.48. The third-order valence-electron chi connectivity index (χ3n) is 9.11. The second kappa shape index (κ2) is 11.5. The quantitative estimate of drug-likeness (QED) is 0.493. The van der Waals surface area contributed by atoms with E-state index in [1.807, 2.05) is 0 Å². The van der Waals surface area contributed by atoms with Crippen LogP contribution in [0.4, 0.5) is 0 Å². The Labute approximate surface area is 190 Å². The Morgan fingerprint density at radius 2 is 1.94 bits per heavy atom. The van der Waals surface area contributed by atoms with Gasteiger partial charge in [0.2, 0.25) is 0 Å². The Morgan fingerprint density at radius 3 is 2.71 bits per heavy atom. The number of nitrogens with one attached hydrogen (secondary N) is 2. The lowest BCUT2D eigenvalue weighted by atomic mass is 9.63. The van der Waals surface area contributed by atoms with Crippen LogP contribution in [-0.4, -0.2) is 54.4 Å². The largest absolute Gasteiger partial charge is 0.481 e. The van der Waals surface area contributed by atoms with Crippen LogP contribution in [0.2, 0.25) is 0 Å². The Balaban J connectivity index is 1.41. The molecule has 7 atom stereocenters. The van der Waals surface area contributed by atoms with Gasteiger partial charge in [0, 0.05) is 12.6 Å². The number of rotatable bonds is 8. The molecule has 0 aromatic carbocycles. The molecular formula is C26H47N3O2. The first-order valence-corrected chi connectivity index (χ1v) is 13.6. The highest BCUT2D eigenvalue weighted by atomic mass is 16.4. The minimum Gasteiger partial charge on any atom is -0.481 e. The van der Waals surface area contributed by atoms with Crippen molar-refractivity contribution in [2.75, 3.05) is 26.2 Å². The van der Waals surface area contributed by atoms with Crippen molar-refractivity contribution in [2.24, 2.45) is 29.6 Å². The third kappa shape index (κ3) is 6.03. The van der Waals surface area contributed by atoms with Gasteiger partial charge in [-0.15, -0.1) is 0 Å². The van der Waals surface area contributed by atoms with Gasteiger partial charge in [0.25, 0.3) is 0 Å². The molecule has 3 N–H and O–H groups in total. The molecule has 3 aliphatic heterocycles. The van der Waals surface area contributed by atoms with E-state index in [-0.39, 0.29) is 5.92 Å². The third-order valence-corrected chi connectivity index (χ3v) is 9.11. The van der Waals surface area contributed by atoms with Crippen molar-refractivity contribution < 1.29 is 9.90 Å². The van der Waals surface area contributed by atoms with Crippen molar-refractivity contribution in [1.82, 2.24) is 15.5 Å². The number of hydrogen-bond donors (Lipinski definition) is 3. The fourth-order valence-corrected chi connectivity index (χ4v) is 7.38. The minimum atomic E-state index is -0.602. The Morgan fingerprint density at radius 1 is 1.03 bits per heavy atom. The van der Waals surface area contributed by atoms with E-state index in [1.165, 1.54) is 83.7 Å². The van der Waals surface area contributed by atoms with Crippen molar-refractivity contribution in [3.8, 4) is 0 Å². The van der Waals surface area contributed by atoms with E-state index in [1.54, 1.807) is 0 Å². The summed E-state index contributed by atoms with van der Waals surface area (Å²) >= 11 is 0. The molecule has 7 unspecified atom stereocenters. The fraction of sp³-hybridized carbons (Fsp3) is 0.962. The highest BCUT2D eigenvalue weighted by molar-refractivity contribution is 5.70. The molecule has 1 aliphatic carbocycles. The first-order valence-electron chi connectivity index (χ1n) is 13.6. The molecule has 0 aromatic heterocycles. The number of piperidine rings is 3. The molecule has 4 fully saturated rings. The summed E-state index contributed by atoms with van der Waals surface area (Å²) in [5, 5.41) is 17.3. The van der Waals surface area contributed by atoms with Gasteiger partial charge in [0.05, 0.1) is 12.1 Å².